The Hall–Kier alpha value is -4.20. The molecule has 30 heavy (non-hydrogen) atoms. The van der Waals surface area contributed by atoms with Gasteiger partial charge in [-0.1, -0.05) is 36.4 Å². The molecule has 2 aromatic heterocycles. The molecule has 0 saturated heterocycles. The summed E-state index contributed by atoms with van der Waals surface area (Å²) in [5.74, 6) is 1.38. The summed E-state index contributed by atoms with van der Waals surface area (Å²) in [5, 5.41) is 2.69. The number of nitrogens with one attached hydrogen (secondary N) is 2. The maximum Gasteiger partial charge on any atom is 0.263 e. The minimum atomic E-state index is -0.177. The van der Waals surface area contributed by atoms with Crippen LogP contribution in [0.15, 0.2) is 60.8 Å². The van der Waals surface area contributed by atoms with Gasteiger partial charge in [0, 0.05) is 6.20 Å². The third-order valence-corrected chi connectivity index (χ3v) is 4.19. The average Bonchev–Trinajstić information content (AvgIpc) is 2.78. The molecule has 1 aromatic carbocycles. The van der Waals surface area contributed by atoms with E-state index in [4.69, 9.17) is 9.57 Å². The monoisotopic (exact) mass is 402 g/mol. The Morgan fingerprint density at radius 2 is 1.77 bits per heavy atom. The topological polar surface area (TPSA) is 102 Å². The first-order valence-corrected chi connectivity index (χ1v) is 9.24. The first-order chi connectivity index (χ1) is 14.7. The largest absolute Gasteiger partial charge is 0.480 e. The van der Waals surface area contributed by atoms with Crippen LogP contribution in [0.1, 0.15) is 17.0 Å². The summed E-state index contributed by atoms with van der Waals surface area (Å²) in [6.07, 6.45) is 5.81. The molecular formula is C22H18N4O4. The van der Waals surface area contributed by atoms with Crippen molar-refractivity contribution in [2.24, 2.45) is 0 Å². The second-order valence-electron chi connectivity index (χ2n) is 6.42. The number of aromatic nitrogens is 2. The van der Waals surface area contributed by atoms with Crippen LogP contribution < -0.4 is 20.4 Å². The lowest BCUT2D eigenvalue weighted by atomic mass is 10.2. The van der Waals surface area contributed by atoms with E-state index in [2.05, 4.69) is 20.8 Å². The number of carbonyl (C=O) groups is 2. The molecule has 2 aliphatic heterocycles. The number of hydroxylamine groups is 1. The molecule has 150 valence electrons. The van der Waals surface area contributed by atoms with Gasteiger partial charge in [0.15, 0.2) is 23.9 Å². The Morgan fingerprint density at radius 1 is 0.900 bits per heavy atom. The lowest BCUT2D eigenvalue weighted by Crippen LogP contribution is -2.33. The highest BCUT2D eigenvalue weighted by molar-refractivity contribution is 5.94. The Bertz CT molecular complexity index is 1100. The number of nitrogens with zero attached hydrogens (tertiary/aromatic N) is 2. The quantitative estimate of drug-likeness (QED) is 0.683. The lowest BCUT2D eigenvalue weighted by Gasteiger charge is -2.16. The van der Waals surface area contributed by atoms with Crippen LogP contribution in [0.3, 0.4) is 0 Å². The molecule has 8 nitrogen and oxygen atoms in total. The summed E-state index contributed by atoms with van der Waals surface area (Å²) >= 11 is 0. The van der Waals surface area contributed by atoms with Crippen molar-refractivity contribution in [2.45, 2.75) is 6.42 Å². The third-order valence-electron chi connectivity index (χ3n) is 4.19. The van der Waals surface area contributed by atoms with Crippen LogP contribution in [-0.4, -0.2) is 28.4 Å². The zero-order chi connectivity index (χ0) is 20.8. The van der Waals surface area contributed by atoms with Crippen molar-refractivity contribution in [3.63, 3.8) is 0 Å². The number of fused-ring (bicyclic) bond motifs is 2. The number of ether oxygens (including phenoxy) is 1. The van der Waals surface area contributed by atoms with E-state index in [-0.39, 0.29) is 18.4 Å². The molecule has 5 rings (SSSR count). The molecule has 0 spiro atoms. The normalized spacial score (nSPS) is 14.1. The fraction of sp³-hybridized carbons (Fsp3) is 0.0909. The number of hydrogen-bond acceptors (Lipinski definition) is 6. The molecular weight excluding hydrogens is 384 g/mol. The molecule has 0 unspecified atom stereocenters. The lowest BCUT2D eigenvalue weighted by molar-refractivity contribution is -0.128. The van der Waals surface area contributed by atoms with Gasteiger partial charge in [0.25, 0.3) is 11.8 Å². The van der Waals surface area contributed by atoms with E-state index in [1.807, 2.05) is 54.6 Å². The van der Waals surface area contributed by atoms with E-state index in [1.54, 1.807) is 18.3 Å². The molecule has 3 aromatic rings. The van der Waals surface area contributed by atoms with Crippen molar-refractivity contribution in [3.05, 3.63) is 77.7 Å². The summed E-state index contributed by atoms with van der Waals surface area (Å²) in [6.45, 7) is 0.0495. The Morgan fingerprint density at radius 3 is 2.63 bits per heavy atom. The van der Waals surface area contributed by atoms with Gasteiger partial charge >= 0.3 is 0 Å². The Balaban J connectivity index is 0.000000168. The number of benzene rings is 1. The maximum atomic E-state index is 11.2. The van der Waals surface area contributed by atoms with E-state index < -0.39 is 0 Å². The fourth-order valence-corrected chi connectivity index (χ4v) is 2.77. The summed E-state index contributed by atoms with van der Waals surface area (Å²) < 4.78 is 5.25. The maximum absolute atomic E-state index is 11.2. The van der Waals surface area contributed by atoms with Gasteiger partial charge in [0.05, 0.1) is 17.8 Å². The van der Waals surface area contributed by atoms with Gasteiger partial charge in [-0.25, -0.2) is 4.98 Å². The molecule has 2 N–H and O–H groups in total. The van der Waals surface area contributed by atoms with Crippen molar-refractivity contribution in [3.8, 4) is 11.5 Å². The predicted octanol–water partition coefficient (Wildman–Crippen LogP) is 2.63. The average molecular weight is 402 g/mol. The number of pyridine rings is 2. The van der Waals surface area contributed by atoms with Gasteiger partial charge in [-0.15, -0.1) is 0 Å². The highest BCUT2D eigenvalue weighted by atomic mass is 16.7. The minimum absolute atomic E-state index is 0.0495. The van der Waals surface area contributed by atoms with E-state index in [0.29, 0.717) is 29.4 Å². The van der Waals surface area contributed by atoms with Gasteiger partial charge in [-0.3, -0.25) is 14.6 Å². The first kappa shape index (κ1) is 19.1. The Labute approximate surface area is 172 Å². The van der Waals surface area contributed by atoms with Crippen LogP contribution in [0, 0.1) is 0 Å². The fourth-order valence-electron chi connectivity index (χ4n) is 2.77. The summed E-state index contributed by atoms with van der Waals surface area (Å²) in [6, 6.07) is 17.2. The molecule has 4 heterocycles. The second-order valence-corrected chi connectivity index (χ2v) is 6.42. The van der Waals surface area contributed by atoms with Crippen LogP contribution in [0.5, 0.6) is 11.5 Å². The number of amides is 2. The van der Waals surface area contributed by atoms with Crippen molar-refractivity contribution in [2.75, 3.05) is 11.9 Å². The zero-order valence-corrected chi connectivity index (χ0v) is 15.9. The molecule has 0 bridgehead atoms. The summed E-state index contributed by atoms with van der Waals surface area (Å²) in [4.78, 5) is 35.2. The van der Waals surface area contributed by atoms with Gasteiger partial charge in [0.1, 0.15) is 0 Å². The van der Waals surface area contributed by atoms with Gasteiger partial charge in [-0.05, 0) is 35.9 Å². The molecule has 2 aliphatic rings. The molecule has 0 radical (unpaired) electrons. The standard InChI is InChI=1S/C15H12N2O2.C7H6N2O2/c18-14-10-19-13-9-8-12(16-15(13)17-14)7-6-11-4-2-1-3-5-11;10-7-4-5-6(11-9-7)2-1-3-8-5/h1-9H,10H2,(H,16,17,18);1-3H,4H2,(H,9,10)/b7-6+;. The van der Waals surface area contributed by atoms with Crippen LogP contribution in [-0.2, 0) is 16.0 Å². The molecule has 0 aliphatic carbocycles. The zero-order valence-electron chi connectivity index (χ0n) is 15.9. The van der Waals surface area contributed by atoms with Gasteiger partial charge < -0.3 is 14.9 Å². The predicted molar refractivity (Wildman–Crippen MR) is 110 cm³/mol. The van der Waals surface area contributed by atoms with Crippen LogP contribution in [0.25, 0.3) is 12.2 Å². The molecule has 0 atom stereocenters. The SMILES string of the molecule is O=C1COc2ccc(/C=C/c3ccccc3)nc2N1.O=C1Cc2ncccc2ON1. The van der Waals surface area contributed by atoms with Crippen LogP contribution in [0.4, 0.5) is 5.82 Å². The number of hydrogen-bond donors (Lipinski definition) is 2. The van der Waals surface area contributed by atoms with E-state index in [0.717, 1.165) is 11.3 Å². The van der Waals surface area contributed by atoms with Crippen LogP contribution >= 0.6 is 0 Å². The number of rotatable bonds is 2. The van der Waals surface area contributed by atoms with E-state index in [1.165, 1.54) is 0 Å². The van der Waals surface area contributed by atoms with E-state index in [9.17, 15) is 9.59 Å². The minimum Gasteiger partial charge on any atom is -0.480 e. The van der Waals surface area contributed by atoms with Gasteiger partial charge in [-0.2, -0.15) is 5.48 Å². The molecule has 2 amide bonds. The Kier molecular flexibility index (Phi) is 5.66. The van der Waals surface area contributed by atoms with Crippen LogP contribution in [0.2, 0.25) is 0 Å². The van der Waals surface area contributed by atoms with E-state index >= 15 is 0 Å². The number of carbonyl (C=O) groups excluding carboxylic acids is 2. The molecule has 0 saturated carbocycles. The van der Waals surface area contributed by atoms with Crippen molar-refractivity contribution < 1.29 is 19.2 Å². The van der Waals surface area contributed by atoms with Gasteiger partial charge in [0.2, 0.25) is 0 Å². The summed E-state index contributed by atoms with van der Waals surface area (Å²) in [5.41, 5.74) is 4.82. The van der Waals surface area contributed by atoms with Crippen molar-refractivity contribution >= 4 is 29.8 Å². The third kappa shape index (κ3) is 4.79. The van der Waals surface area contributed by atoms with Crippen molar-refractivity contribution in [1.29, 1.82) is 0 Å². The second kappa shape index (κ2) is 8.87. The number of anilines is 1. The first-order valence-electron chi connectivity index (χ1n) is 9.24. The smallest absolute Gasteiger partial charge is 0.263 e. The highest BCUT2D eigenvalue weighted by Crippen LogP contribution is 2.25. The van der Waals surface area contributed by atoms with Crippen molar-refractivity contribution in [1.82, 2.24) is 15.4 Å². The molecule has 0 fully saturated rings. The summed E-state index contributed by atoms with van der Waals surface area (Å²) in [7, 11) is 0. The molecule has 8 heteroatoms. The highest BCUT2D eigenvalue weighted by Gasteiger charge is 2.17.